The van der Waals surface area contributed by atoms with Gasteiger partial charge in [-0.15, -0.1) is 0 Å². The standard InChI is InChI=1S/C19H24F4O7S/c1-16(2,25)13-10-5-6-11(14(13)17(3,4)26)12(9-10)15(24)30-8-7-18(20,21)19(22,23)31(27,28)29/h5-6,9,13-14,25-26H,7-8H2,1-4H3,(H,27,28,29). The summed E-state index contributed by atoms with van der Waals surface area (Å²) in [4.78, 5) is 12.4. The molecule has 0 fully saturated rings. The summed E-state index contributed by atoms with van der Waals surface area (Å²) in [7, 11) is -6.39. The van der Waals surface area contributed by atoms with Gasteiger partial charge in [0.2, 0.25) is 0 Å². The maximum Gasteiger partial charge on any atom is 0.431 e. The molecule has 0 radical (unpaired) electrons. The van der Waals surface area contributed by atoms with Gasteiger partial charge in [-0.3, -0.25) is 4.55 Å². The number of rotatable bonds is 8. The third kappa shape index (κ3) is 4.71. The van der Waals surface area contributed by atoms with E-state index in [4.69, 9.17) is 4.55 Å². The lowest BCUT2D eigenvalue weighted by atomic mass is 9.62. The first-order chi connectivity index (χ1) is 13.7. The lowest BCUT2D eigenvalue weighted by molar-refractivity contribution is -0.168. The van der Waals surface area contributed by atoms with E-state index in [0.29, 0.717) is 5.56 Å². The van der Waals surface area contributed by atoms with Crippen molar-refractivity contribution in [2.45, 2.75) is 68.3 Å². The summed E-state index contributed by atoms with van der Waals surface area (Å²) in [5.74, 6) is -7.69. The number of halogens is 4. The van der Waals surface area contributed by atoms with Crippen molar-refractivity contribution in [1.29, 1.82) is 0 Å². The first-order valence-corrected chi connectivity index (χ1v) is 10.6. The Morgan fingerprint density at radius 1 is 1.03 bits per heavy atom. The third-order valence-corrected chi connectivity index (χ3v) is 6.19. The Balaban J connectivity index is 2.26. The molecule has 0 aromatic heterocycles. The quantitative estimate of drug-likeness (QED) is 0.302. The normalized spacial score (nSPS) is 20.1. The van der Waals surface area contributed by atoms with Gasteiger partial charge < -0.3 is 14.9 Å². The van der Waals surface area contributed by atoms with Crippen LogP contribution in [-0.4, -0.2) is 58.1 Å². The summed E-state index contributed by atoms with van der Waals surface area (Å²) >= 11 is 0. The van der Waals surface area contributed by atoms with Gasteiger partial charge >= 0.3 is 27.3 Å². The maximum absolute atomic E-state index is 13.6. The van der Waals surface area contributed by atoms with E-state index in [1.165, 1.54) is 39.8 Å². The molecular formula is C19H24F4O7S. The number of carbonyl (C=O) groups is 1. The zero-order valence-electron chi connectivity index (χ0n) is 17.2. The van der Waals surface area contributed by atoms with Crippen LogP contribution in [0.3, 0.4) is 0 Å². The molecule has 1 aromatic carbocycles. The molecular weight excluding hydrogens is 448 g/mol. The van der Waals surface area contributed by atoms with E-state index in [2.05, 4.69) is 4.74 Å². The van der Waals surface area contributed by atoms with Crippen LogP contribution in [0.4, 0.5) is 17.6 Å². The smallest absolute Gasteiger partial charge is 0.431 e. The summed E-state index contributed by atoms with van der Waals surface area (Å²) in [6.45, 7) is 4.74. The van der Waals surface area contributed by atoms with Crippen molar-refractivity contribution in [2.75, 3.05) is 6.61 Å². The summed E-state index contributed by atoms with van der Waals surface area (Å²) in [5, 5.41) is 15.4. The minimum absolute atomic E-state index is 0.102. The monoisotopic (exact) mass is 472 g/mol. The summed E-state index contributed by atoms with van der Waals surface area (Å²) in [6.07, 6.45) is -1.86. The van der Waals surface area contributed by atoms with Crippen molar-refractivity contribution in [3.05, 3.63) is 34.9 Å². The van der Waals surface area contributed by atoms with Gasteiger partial charge in [-0.2, -0.15) is 26.0 Å². The van der Waals surface area contributed by atoms with E-state index in [-0.39, 0.29) is 11.1 Å². The van der Waals surface area contributed by atoms with Crippen LogP contribution < -0.4 is 0 Å². The van der Waals surface area contributed by atoms with E-state index in [1.54, 1.807) is 6.07 Å². The van der Waals surface area contributed by atoms with E-state index in [9.17, 15) is 41.0 Å². The molecule has 2 aliphatic carbocycles. The molecule has 31 heavy (non-hydrogen) atoms. The Kier molecular flexibility index (Phi) is 6.32. The SMILES string of the molecule is CC(C)(O)C1c2ccc(c(C(=O)OCCC(F)(F)C(F)(F)S(=O)(=O)O)c2)C1C(C)(C)O. The molecule has 7 nitrogen and oxygen atoms in total. The molecule has 2 aliphatic rings. The molecule has 3 N–H and O–H groups in total. The van der Waals surface area contributed by atoms with Crippen molar-refractivity contribution in [1.82, 2.24) is 0 Å². The van der Waals surface area contributed by atoms with Gasteiger partial charge in [-0.1, -0.05) is 12.1 Å². The highest BCUT2D eigenvalue weighted by Crippen LogP contribution is 2.51. The Morgan fingerprint density at radius 3 is 2.00 bits per heavy atom. The fourth-order valence-corrected chi connectivity index (χ4v) is 4.35. The number of hydrogen-bond acceptors (Lipinski definition) is 6. The number of ether oxygens (including phenoxy) is 1. The van der Waals surface area contributed by atoms with E-state index >= 15 is 0 Å². The van der Waals surface area contributed by atoms with Crippen molar-refractivity contribution in [3.63, 3.8) is 0 Å². The average Bonchev–Trinajstić information content (AvgIpc) is 2.58. The zero-order chi connectivity index (χ0) is 24.2. The number of esters is 1. The first kappa shape index (κ1) is 25.5. The maximum atomic E-state index is 13.6. The molecule has 12 heteroatoms. The molecule has 176 valence electrons. The van der Waals surface area contributed by atoms with Crippen molar-refractivity contribution < 1.29 is 50.3 Å². The van der Waals surface area contributed by atoms with Gasteiger partial charge in [0.1, 0.15) is 0 Å². The number of hydrogen-bond donors (Lipinski definition) is 3. The van der Waals surface area contributed by atoms with Crippen LogP contribution in [-0.2, 0) is 14.9 Å². The number of fused-ring (bicyclic) bond motifs is 3. The van der Waals surface area contributed by atoms with Gasteiger partial charge in [0.25, 0.3) is 0 Å². The Bertz CT molecular complexity index is 962. The summed E-state index contributed by atoms with van der Waals surface area (Å²) in [6, 6.07) is 4.49. The van der Waals surface area contributed by atoms with Crippen LogP contribution in [0, 0.1) is 0 Å². The van der Waals surface area contributed by atoms with Gasteiger partial charge in [-0.05, 0) is 44.9 Å². The van der Waals surface area contributed by atoms with Crippen LogP contribution in [0.25, 0.3) is 0 Å². The first-order valence-electron chi connectivity index (χ1n) is 9.20. The van der Waals surface area contributed by atoms with Crippen LogP contribution in [0.5, 0.6) is 0 Å². The molecule has 0 amide bonds. The molecule has 2 bridgehead atoms. The molecule has 2 unspecified atom stereocenters. The van der Waals surface area contributed by atoms with Crippen molar-refractivity contribution in [2.24, 2.45) is 0 Å². The fraction of sp³-hybridized carbons (Fsp3) is 0.632. The second-order valence-electron chi connectivity index (χ2n) is 8.69. The lowest BCUT2D eigenvalue weighted by Gasteiger charge is -2.46. The predicted molar refractivity (Wildman–Crippen MR) is 101 cm³/mol. The lowest BCUT2D eigenvalue weighted by Crippen LogP contribution is -2.47. The Morgan fingerprint density at radius 2 is 1.55 bits per heavy atom. The minimum atomic E-state index is -6.39. The van der Waals surface area contributed by atoms with E-state index < -0.39 is 63.3 Å². The Labute approximate surface area is 176 Å². The van der Waals surface area contributed by atoms with E-state index in [1.807, 2.05) is 0 Å². The topological polar surface area (TPSA) is 121 Å². The van der Waals surface area contributed by atoms with Gasteiger partial charge in [0, 0.05) is 11.8 Å². The van der Waals surface area contributed by atoms with Gasteiger partial charge in [-0.25, -0.2) is 4.79 Å². The van der Waals surface area contributed by atoms with Crippen LogP contribution in [0.1, 0.15) is 67.4 Å². The highest BCUT2D eigenvalue weighted by molar-refractivity contribution is 7.87. The molecule has 0 spiro atoms. The predicted octanol–water partition coefficient (Wildman–Crippen LogP) is 3.07. The molecule has 0 saturated carbocycles. The van der Waals surface area contributed by atoms with Gasteiger partial charge in [0.05, 0.1) is 29.8 Å². The highest BCUT2D eigenvalue weighted by atomic mass is 32.2. The second-order valence-corrected chi connectivity index (χ2v) is 10.2. The molecule has 0 saturated heterocycles. The number of aliphatic hydroxyl groups is 2. The molecule has 3 rings (SSSR count). The Hall–Kier alpha value is -1.76. The highest BCUT2D eigenvalue weighted by Gasteiger charge is 2.65. The second kappa shape index (κ2) is 7.68. The summed E-state index contributed by atoms with van der Waals surface area (Å²) in [5.41, 5.74) is -2.04. The number of carbonyl (C=O) groups excluding carboxylic acids is 1. The largest absolute Gasteiger partial charge is 0.462 e. The molecule has 2 atom stereocenters. The van der Waals surface area contributed by atoms with Crippen molar-refractivity contribution >= 4 is 16.1 Å². The van der Waals surface area contributed by atoms with Crippen LogP contribution in [0.2, 0.25) is 0 Å². The third-order valence-electron chi connectivity index (χ3n) is 5.25. The van der Waals surface area contributed by atoms with Crippen molar-refractivity contribution in [3.8, 4) is 0 Å². The number of benzene rings is 1. The van der Waals surface area contributed by atoms with Crippen LogP contribution >= 0.6 is 0 Å². The summed E-state index contributed by atoms with van der Waals surface area (Å²) < 4.78 is 87.6. The number of alkyl halides is 4. The molecule has 0 aliphatic heterocycles. The van der Waals surface area contributed by atoms with Crippen LogP contribution in [0.15, 0.2) is 18.2 Å². The van der Waals surface area contributed by atoms with Gasteiger partial charge in [0.15, 0.2) is 0 Å². The zero-order valence-corrected chi connectivity index (χ0v) is 18.0. The fourth-order valence-electron chi connectivity index (χ4n) is 3.88. The van der Waals surface area contributed by atoms with E-state index in [0.717, 1.165) is 0 Å². The average molecular weight is 472 g/mol. The minimum Gasteiger partial charge on any atom is -0.462 e. The molecule has 1 aromatic rings. The molecule has 0 heterocycles.